The summed E-state index contributed by atoms with van der Waals surface area (Å²) in [5.41, 5.74) is 1.06. The van der Waals surface area contributed by atoms with E-state index in [4.69, 9.17) is 15.4 Å². The van der Waals surface area contributed by atoms with Gasteiger partial charge in [-0.15, -0.1) is 10.2 Å². The number of aromatic nitrogens is 3. The van der Waals surface area contributed by atoms with E-state index in [1.165, 1.54) is 4.57 Å². The standard InChI is InChI=1S/C11H10ClN3O3S/c1-15-10(13-14-11(15)19(12,16)17)9-6-7-4-2-3-5-8(7)18-9/h2-5,9H,6H2,1H3. The molecule has 0 fully saturated rings. The summed E-state index contributed by atoms with van der Waals surface area (Å²) < 4.78 is 29.7. The van der Waals surface area contributed by atoms with Gasteiger partial charge in [-0.2, -0.15) is 0 Å². The largest absolute Gasteiger partial charge is 0.482 e. The lowest BCUT2D eigenvalue weighted by Crippen LogP contribution is -2.12. The summed E-state index contributed by atoms with van der Waals surface area (Å²) >= 11 is 0. The van der Waals surface area contributed by atoms with E-state index in [2.05, 4.69) is 10.2 Å². The van der Waals surface area contributed by atoms with Gasteiger partial charge in [-0.1, -0.05) is 18.2 Å². The Morgan fingerprint density at radius 2 is 2.11 bits per heavy atom. The number of rotatable bonds is 2. The minimum atomic E-state index is -3.90. The van der Waals surface area contributed by atoms with Gasteiger partial charge in [0.2, 0.25) is 0 Å². The van der Waals surface area contributed by atoms with Gasteiger partial charge in [0.05, 0.1) is 0 Å². The van der Waals surface area contributed by atoms with Gasteiger partial charge >= 0.3 is 0 Å². The number of ether oxygens (including phenoxy) is 1. The van der Waals surface area contributed by atoms with E-state index in [1.54, 1.807) is 7.05 Å². The van der Waals surface area contributed by atoms with E-state index >= 15 is 0 Å². The highest BCUT2D eigenvalue weighted by Gasteiger charge is 2.30. The zero-order valence-electron chi connectivity index (χ0n) is 9.95. The van der Waals surface area contributed by atoms with Crippen molar-refractivity contribution in [1.29, 1.82) is 0 Å². The molecule has 1 aromatic heterocycles. The molecule has 0 bridgehead atoms. The van der Waals surface area contributed by atoms with Gasteiger partial charge < -0.3 is 9.30 Å². The van der Waals surface area contributed by atoms with E-state index in [0.717, 1.165) is 11.3 Å². The number of para-hydroxylation sites is 1. The van der Waals surface area contributed by atoms with Gasteiger partial charge in [0, 0.05) is 24.2 Å². The smallest absolute Gasteiger partial charge is 0.296 e. The Hall–Kier alpha value is -1.60. The number of benzene rings is 1. The van der Waals surface area contributed by atoms with Crippen LogP contribution < -0.4 is 4.74 Å². The Labute approximate surface area is 114 Å². The average Bonchev–Trinajstić information content (AvgIpc) is 2.90. The summed E-state index contributed by atoms with van der Waals surface area (Å²) in [6.07, 6.45) is 0.284. The van der Waals surface area contributed by atoms with Crippen LogP contribution in [0.2, 0.25) is 0 Å². The molecule has 100 valence electrons. The number of nitrogens with zero attached hydrogens (tertiary/aromatic N) is 3. The van der Waals surface area contributed by atoms with Crippen molar-refractivity contribution in [3.8, 4) is 5.75 Å². The van der Waals surface area contributed by atoms with Crippen LogP contribution in [0.15, 0.2) is 29.4 Å². The van der Waals surface area contributed by atoms with Crippen LogP contribution in [0, 0.1) is 0 Å². The molecule has 1 aliphatic rings. The molecule has 1 atom stereocenters. The Balaban J connectivity index is 1.97. The maximum Gasteiger partial charge on any atom is 0.296 e. The molecule has 0 spiro atoms. The first-order valence-electron chi connectivity index (χ1n) is 5.55. The molecule has 6 nitrogen and oxygen atoms in total. The SMILES string of the molecule is Cn1c(C2Cc3ccccc3O2)nnc1S(=O)(=O)Cl. The lowest BCUT2D eigenvalue weighted by atomic mass is 10.1. The summed E-state index contributed by atoms with van der Waals surface area (Å²) in [7, 11) is 2.93. The van der Waals surface area contributed by atoms with E-state index in [-0.39, 0.29) is 11.3 Å². The summed E-state index contributed by atoms with van der Waals surface area (Å²) in [6, 6.07) is 7.64. The van der Waals surface area contributed by atoms with E-state index in [0.29, 0.717) is 12.2 Å². The van der Waals surface area contributed by atoms with Crippen molar-refractivity contribution in [3.05, 3.63) is 35.7 Å². The molecule has 1 aliphatic heterocycles. The summed E-state index contributed by atoms with van der Waals surface area (Å²) in [5.74, 6) is 1.22. The fraction of sp³-hybridized carbons (Fsp3) is 0.273. The maximum atomic E-state index is 11.3. The predicted octanol–water partition coefficient (Wildman–Crippen LogP) is 1.42. The molecular formula is C11H10ClN3O3S. The normalized spacial score (nSPS) is 18.1. The van der Waals surface area contributed by atoms with Crippen molar-refractivity contribution >= 4 is 19.7 Å². The Morgan fingerprint density at radius 3 is 2.74 bits per heavy atom. The number of halogens is 1. The van der Waals surface area contributed by atoms with Crippen LogP contribution in [0.4, 0.5) is 0 Å². The molecule has 19 heavy (non-hydrogen) atoms. The quantitative estimate of drug-likeness (QED) is 0.784. The van der Waals surface area contributed by atoms with Crippen LogP contribution >= 0.6 is 10.7 Å². The highest BCUT2D eigenvalue weighted by Crippen LogP contribution is 2.35. The monoisotopic (exact) mass is 299 g/mol. The van der Waals surface area contributed by atoms with Crippen LogP contribution in [-0.4, -0.2) is 23.2 Å². The third kappa shape index (κ3) is 2.08. The van der Waals surface area contributed by atoms with Gasteiger partial charge in [0.15, 0.2) is 11.9 Å². The second-order valence-corrected chi connectivity index (χ2v) is 6.72. The first-order valence-corrected chi connectivity index (χ1v) is 7.86. The fourth-order valence-corrected chi connectivity index (χ4v) is 3.11. The van der Waals surface area contributed by atoms with E-state index < -0.39 is 9.05 Å². The minimum Gasteiger partial charge on any atom is -0.482 e. The molecule has 3 rings (SSSR count). The third-order valence-corrected chi connectivity index (χ3v) is 4.23. The molecule has 1 aromatic carbocycles. The lowest BCUT2D eigenvalue weighted by Gasteiger charge is -2.09. The molecule has 0 amide bonds. The van der Waals surface area contributed by atoms with E-state index in [1.807, 2.05) is 24.3 Å². The molecule has 8 heteroatoms. The second kappa shape index (κ2) is 4.21. The summed E-state index contributed by atoms with van der Waals surface area (Å²) in [5, 5.41) is 7.20. The van der Waals surface area contributed by atoms with Crippen LogP contribution in [0.3, 0.4) is 0 Å². The highest BCUT2D eigenvalue weighted by atomic mass is 35.7. The summed E-state index contributed by atoms with van der Waals surface area (Å²) in [6.45, 7) is 0. The minimum absolute atomic E-state index is 0.274. The van der Waals surface area contributed by atoms with Gasteiger partial charge in [0.25, 0.3) is 14.2 Å². The molecule has 0 aliphatic carbocycles. The van der Waals surface area contributed by atoms with Crippen molar-refractivity contribution in [2.45, 2.75) is 17.7 Å². The molecule has 2 heterocycles. The Kier molecular flexibility index (Phi) is 2.75. The molecule has 1 unspecified atom stereocenters. The molecule has 0 N–H and O–H groups in total. The average molecular weight is 300 g/mol. The predicted molar refractivity (Wildman–Crippen MR) is 67.6 cm³/mol. The fourth-order valence-electron chi connectivity index (χ4n) is 2.14. The van der Waals surface area contributed by atoms with Crippen LogP contribution in [0.5, 0.6) is 5.75 Å². The van der Waals surface area contributed by atoms with Gasteiger partial charge in [0.1, 0.15) is 5.75 Å². The zero-order chi connectivity index (χ0) is 13.6. The number of hydrogen-bond acceptors (Lipinski definition) is 5. The van der Waals surface area contributed by atoms with Crippen molar-refractivity contribution in [1.82, 2.24) is 14.8 Å². The first-order chi connectivity index (χ1) is 8.97. The third-order valence-electron chi connectivity index (χ3n) is 3.02. The maximum absolute atomic E-state index is 11.3. The van der Waals surface area contributed by atoms with Crippen LogP contribution in [0.1, 0.15) is 17.5 Å². The van der Waals surface area contributed by atoms with Crippen LogP contribution in [-0.2, 0) is 22.5 Å². The molecule has 0 radical (unpaired) electrons. The van der Waals surface area contributed by atoms with Crippen molar-refractivity contribution in [3.63, 3.8) is 0 Å². The first kappa shape index (κ1) is 12.4. The second-order valence-electron chi connectivity index (χ2n) is 4.26. The topological polar surface area (TPSA) is 74.1 Å². The summed E-state index contributed by atoms with van der Waals surface area (Å²) in [4.78, 5) is 0. The number of hydrogen-bond donors (Lipinski definition) is 0. The Bertz CT molecular complexity index is 716. The van der Waals surface area contributed by atoms with Crippen molar-refractivity contribution in [2.75, 3.05) is 0 Å². The molecular weight excluding hydrogens is 290 g/mol. The van der Waals surface area contributed by atoms with Crippen molar-refractivity contribution in [2.24, 2.45) is 7.05 Å². The van der Waals surface area contributed by atoms with Gasteiger partial charge in [-0.3, -0.25) is 0 Å². The molecule has 0 saturated heterocycles. The van der Waals surface area contributed by atoms with Crippen LogP contribution in [0.25, 0.3) is 0 Å². The Morgan fingerprint density at radius 1 is 1.37 bits per heavy atom. The van der Waals surface area contributed by atoms with Gasteiger partial charge in [-0.05, 0) is 11.6 Å². The molecule has 0 saturated carbocycles. The zero-order valence-corrected chi connectivity index (χ0v) is 11.5. The highest BCUT2D eigenvalue weighted by molar-refractivity contribution is 8.13. The van der Waals surface area contributed by atoms with Gasteiger partial charge in [-0.25, -0.2) is 8.42 Å². The number of fused-ring (bicyclic) bond motifs is 1. The van der Waals surface area contributed by atoms with E-state index in [9.17, 15) is 8.42 Å². The molecule has 2 aromatic rings. The van der Waals surface area contributed by atoms with Crippen molar-refractivity contribution < 1.29 is 13.2 Å². The lowest BCUT2D eigenvalue weighted by molar-refractivity contribution is 0.222.